The molecule has 2 N–H and O–H groups in total. The van der Waals surface area contributed by atoms with Crippen LogP contribution in [0, 0.1) is 0 Å². The average molecular weight is 311 g/mol. The Morgan fingerprint density at radius 2 is 1.42 bits per heavy atom. The van der Waals surface area contributed by atoms with Gasteiger partial charge in [-0.25, -0.2) is 0 Å². The minimum absolute atomic E-state index is 0.273. The summed E-state index contributed by atoms with van der Waals surface area (Å²) < 4.78 is 2.16. The average Bonchev–Trinajstić information content (AvgIpc) is 3.10. The highest BCUT2D eigenvalue weighted by atomic mass is 16.1. The number of nitrogens with two attached hydrogens (primary N) is 1. The molecule has 3 aromatic carbocycles. The summed E-state index contributed by atoms with van der Waals surface area (Å²) in [6.07, 6.45) is 0. The molecule has 1 aliphatic rings. The number of carbonyl (C=O) groups is 1. The summed E-state index contributed by atoms with van der Waals surface area (Å²) in [6, 6.07) is 22.1. The molecule has 24 heavy (non-hydrogen) atoms. The van der Waals surface area contributed by atoms with Gasteiger partial charge in [0.2, 0.25) is 0 Å². The van der Waals surface area contributed by atoms with Crippen molar-refractivity contribution >= 4 is 33.5 Å². The minimum Gasteiger partial charge on any atom is -0.383 e. The summed E-state index contributed by atoms with van der Waals surface area (Å²) in [4.78, 5) is 16.0. The second kappa shape index (κ2) is 4.55. The summed E-state index contributed by atoms with van der Waals surface area (Å²) in [5.74, 6) is 0.0116. The number of hydrogen-bond donors (Lipinski definition) is 1. The predicted octanol–water partition coefficient (Wildman–Crippen LogP) is 3.64. The topological polar surface area (TPSA) is 60.4 Å². The SMILES string of the molecule is NC1=NC(=O)c2cccc(-n3c4ccccc4c4ccccc43)c21. The number of fused-ring (bicyclic) bond motifs is 4. The van der Waals surface area contributed by atoms with E-state index in [0.717, 1.165) is 16.7 Å². The Kier molecular flexibility index (Phi) is 2.48. The number of benzene rings is 3. The van der Waals surface area contributed by atoms with E-state index in [2.05, 4.69) is 33.8 Å². The Morgan fingerprint density at radius 3 is 2.08 bits per heavy atom. The first-order valence-electron chi connectivity index (χ1n) is 7.76. The van der Waals surface area contributed by atoms with Crippen LogP contribution in [0.1, 0.15) is 15.9 Å². The number of aliphatic imine (C=N–C) groups is 1. The standard InChI is InChI=1S/C20H13N3O/c21-19-18-14(20(24)22-19)8-5-11-17(18)23-15-9-3-1-6-12(15)13-7-2-4-10-16(13)23/h1-11H,(H2,21,22,24). The number of amidine groups is 1. The molecule has 4 nitrogen and oxygen atoms in total. The van der Waals surface area contributed by atoms with E-state index < -0.39 is 0 Å². The zero-order chi connectivity index (χ0) is 16.3. The minimum atomic E-state index is -0.273. The molecule has 114 valence electrons. The number of nitrogens with zero attached hydrogens (tertiary/aromatic N) is 2. The van der Waals surface area contributed by atoms with E-state index >= 15 is 0 Å². The van der Waals surface area contributed by atoms with E-state index in [1.807, 2.05) is 36.4 Å². The third-order valence-corrected chi connectivity index (χ3v) is 4.57. The first-order chi connectivity index (χ1) is 11.8. The van der Waals surface area contributed by atoms with Gasteiger partial charge >= 0.3 is 0 Å². The highest BCUT2D eigenvalue weighted by Gasteiger charge is 2.26. The van der Waals surface area contributed by atoms with Crippen molar-refractivity contribution in [3.63, 3.8) is 0 Å². The highest BCUT2D eigenvalue weighted by molar-refractivity contribution is 6.22. The van der Waals surface area contributed by atoms with E-state index in [1.165, 1.54) is 10.8 Å². The molecule has 1 aliphatic heterocycles. The maximum Gasteiger partial charge on any atom is 0.279 e. The van der Waals surface area contributed by atoms with Crippen LogP contribution in [-0.2, 0) is 0 Å². The summed E-state index contributed by atoms with van der Waals surface area (Å²) in [5, 5.41) is 2.34. The van der Waals surface area contributed by atoms with Crippen molar-refractivity contribution < 1.29 is 4.79 Å². The molecule has 0 fully saturated rings. The fourth-order valence-corrected chi connectivity index (χ4v) is 3.58. The van der Waals surface area contributed by atoms with Crippen molar-refractivity contribution in [2.24, 2.45) is 10.7 Å². The van der Waals surface area contributed by atoms with Gasteiger partial charge in [0.05, 0.1) is 27.8 Å². The van der Waals surface area contributed by atoms with Gasteiger partial charge in [-0.2, -0.15) is 4.99 Å². The molecule has 0 radical (unpaired) electrons. The Hall–Kier alpha value is -3.40. The maximum atomic E-state index is 12.0. The van der Waals surface area contributed by atoms with Crippen LogP contribution < -0.4 is 5.73 Å². The van der Waals surface area contributed by atoms with Gasteiger partial charge < -0.3 is 10.3 Å². The molecule has 4 heteroatoms. The molecular weight excluding hydrogens is 298 g/mol. The highest BCUT2D eigenvalue weighted by Crippen LogP contribution is 2.34. The molecule has 4 aromatic rings. The number of amides is 1. The second-order valence-electron chi connectivity index (χ2n) is 5.87. The zero-order valence-electron chi connectivity index (χ0n) is 12.7. The lowest BCUT2D eigenvalue weighted by molar-refractivity contribution is 0.101. The van der Waals surface area contributed by atoms with Crippen LogP contribution in [0.2, 0.25) is 0 Å². The van der Waals surface area contributed by atoms with Crippen LogP contribution in [0.3, 0.4) is 0 Å². The summed E-state index contributed by atoms with van der Waals surface area (Å²) >= 11 is 0. The molecular formula is C20H13N3O. The number of rotatable bonds is 1. The fraction of sp³-hybridized carbons (Fsp3) is 0. The van der Waals surface area contributed by atoms with Crippen LogP contribution >= 0.6 is 0 Å². The first-order valence-corrected chi connectivity index (χ1v) is 7.76. The molecule has 0 unspecified atom stereocenters. The van der Waals surface area contributed by atoms with Crippen molar-refractivity contribution in [1.82, 2.24) is 4.57 Å². The zero-order valence-corrected chi connectivity index (χ0v) is 12.7. The number of carbonyl (C=O) groups excluding carboxylic acids is 1. The van der Waals surface area contributed by atoms with Crippen LogP contribution in [0.25, 0.3) is 27.5 Å². The molecule has 0 saturated heterocycles. The summed E-state index contributed by atoms with van der Waals surface area (Å²) in [7, 11) is 0. The summed E-state index contributed by atoms with van der Waals surface area (Å²) in [5.41, 5.74) is 10.4. The van der Waals surface area contributed by atoms with E-state index in [0.29, 0.717) is 11.1 Å². The van der Waals surface area contributed by atoms with Gasteiger partial charge in [-0.05, 0) is 24.3 Å². The smallest absolute Gasteiger partial charge is 0.279 e. The number of para-hydroxylation sites is 2. The largest absolute Gasteiger partial charge is 0.383 e. The Morgan fingerprint density at radius 1 is 0.792 bits per heavy atom. The van der Waals surface area contributed by atoms with Crippen LogP contribution in [0.15, 0.2) is 71.7 Å². The second-order valence-corrected chi connectivity index (χ2v) is 5.87. The molecule has 2 heterocycles. The van der Waals surface area contributed by atoms with Crippen molar-refractivity contribution in [3.8, 4) is 5.69 Å². The van der Waals surface area contributed by atoms with E-state index in [4.69, 9.17) is 5.73 Å². The van der Waals surface area contributed by atoms with Gasteiger partial charge in [0.1, 0.15) is 5.84 Å². The van der Waals surface area contributed by atoms with Gasteiger partial charge in [-0.3, -0.25) is 4.79 Å². The quantitative estimate of drug-likeness (QED) is 0.583. The van der Waals surface area contributed by atoms with Crippen molar-refractivity contribution in [3.05, 3.63) is 77.9 Å². The lowest BCUT2D eigenvalue weighted by Crippen LogP contribution is -2.14. The molecule has 0 spiro atoms. The summed E-state index contributed by atoms with van der Waals surface area (Å²) in [6.45, 7) is 0. The molecule has 0 saturated carbocycles. The van der Waals surface area contributed by atoms with Crippen molar-refractivity contribution in [2.75, 3.05) is 0 Å². The molecule has 1 amide bonds. The van der Waals surface area contributed by atoms with Crippen LogP contribution in [-0.4, -0.2) is 16.3 Å². The first kappa shape index (κ1) is 13.1. The Balaban J connectivity index is 1.99. The van der Waals surface area contributed by atoms with E-state index in [9.17, 15) is 4.79 Å². The van der Waals surface area contributed by atoms with Gasteiger partial charge in [-0.15, -0.1) is 0 Å². The molecule has 0 bridgehead atoms. The van der Waals surface area contributed by atoms with Gasteiger partial charge in [0.25, 0.3) is 5.91 Å². The van der Waals surface area contributed by atoms with Crippen LogP contribution in [0.5, 0.6) is 0 Å². The van der Waals surface area contributed by atoms with E-state index in [-0.39, 0.29) is 11.7 Å². The monoisotopic (exact) mass is 311 g/mol. The van der Waals surface area contributed by atoms with Gasteiger partial charge in [0.15, 0.2) is 0 Å². The number of hydrogen-bond acceptors (Lipinski definition) is 2. The van der Waals surface area contributed by atoms with Crippen molar-refractivity contribution in [1.29, 1.82) is 0 Å². The molecule has 1 aromatic heterocycles. The van der Waals surface area contributed by atoms with Gasteiger partial charge in [0, 0.05) is 10.8 Å². The predicted molar refractivity (Wildman–Crippen MR) is 95.8 cm³/mol. The molecule has 5 rings (SSSR count). The van der Waals surface area contributed by atoms with Crippen LogP contribution in [0.4, 0.5) is 0 Å². The van der Waals surface area contributed by atoms with Gasteiger partial charge in [-0.1, -0.05) is 42.5 Å². The molecule has 0 atom stereocenters. The van der Waals surface area contributed by atoms with Crippen molar-refractivity contribution in [2.45, 2.75) is 0 Å². The lowest BCUT2D eigenvalue weighted by atomic mass is 10.1. The maximum absolute atomic E-state index is 12.0. The Bertz CT molecular complexity index is 1130. The third-order valence-electron chi connectivity index (χ3n) is 4.57. The fourth-order valence-electron chi connectivity index (χ4n) is 3.58. The Labute approximate surface area is 137 Å². The van der Waals surface area contributed by atoms with E-state index in [1.54, 1.807) is 6.07 Å². The third kappa shape index (κ3) is 1.57. The molecule has 0 aliphatic carbocycles. The lowest BCUT2D eigenvalue weighted by Gasteiger charge is -2.12. The number of aromatic nitrogens is 1. The normalized spacial score (nSPS) is 13.5.